The van der Waals surface area contributed by atoms with Crippen molar-refractivity contribution in [2.45, 2.75) is 53.0 Å². The van der Waals surface area contributed by atoms with Gasteiger partial charge in [-0.25, -0.2) is 9.97 Å². The molecule has 0 radical (unpaired) electrons. The Morgan fingerprint density at radius 1 is 1.37 bits per heavy atom. The average molecular weight is 284 g/mol. The second kappa shape index (κ2) is 6.85. The Bertz CT molecular complexity index is 446. The number of hydrogen-bond acceptors (Lipinski definition) is 3. The van der Waals surface area contributed by atoms with Crippen LogP contribution in [0, 0.1) is 0 Å². The van der Waals surface area contributed by atoms with Crippen LogP contribution in [0.2, 0.25) is 5.02 Å². The molecule has 0 N–H and O–H groups in total. The maximum atomic E-state index is 12.5. The molecule has 5 heteroatoms. The lowest BCUT2D eigenvalue weighted by Gasteiger charge is -2.26. The Balaban J connectivity index is 3.12. The molecule has 0 saturated carbocycles. The lowest BCUT2D eigenvalue weighted by atomic mass is 10.2. The van der Waals surface area contributed by atoms with Gasteiger partial charge in [0.1, 0.15) is 5.82 Å². The Labute approximate surface area is 120 Å². The van der Waals surface area contributed by atoms with Crippen LogP contribution in [0.25, 0.3) is 0 Å². The fourth-order valence-corrected chi connectivity index (χ4v) is 1.95. The van der Waals surface area contributed by atoms with Gasteiger partial charge in [0.05, 0.1) is 11.2 Å². The Morgan fingerprint density at radius 3 is 2.47 bits per heavy atom. The van der Waals surface area contributed by atoms with E-state index in [0.717, 1.165) is 6.42 Å². The highest BCUT2D eigenvalue weighted by molar-refractivity contribution is 6.33. The highest BCUT2D eigenvalue weighted by Crippen LogP contribution is 2.19. The van der Waals surface area contributed by atoms with Crippen LogP contribution in [-0.4, -0.2) is 33.4 Å². The van der Waals surface area contributed by atoms with Crippen LogP contribution in [-0.2, 0) is 0 Å². The van der Waals surface area contributed by atoms with Crippen molar-refractivity contribution in [2.75, 3.05) is 6.54 Å². The first-order valence-corrected chi connectivity index (χ1v) is 7.09. The van der Waals surface area contributed by atoms with Gasteiger partial charge in [-0.15, -0.1) is 0 Å². The summed E-state index contributed by atoms with van der Waals surface area (Å²) in [4.78, 5) is 22.8. The van der Waals surface area contributed by atoms with Gasteiger partial charge in [-0.1, -0.05) is 32.4 Å². The second-order valence-electron chi connectivity index (χ2n) is 5.17. The van der Waals surface area contributed by atoms with E-state index in [1.54, 1.807) is 4.90 Å². The molecule has 0 atom stereocenters. The standard InChI is InChI=1S/C14H22ClN3O/c1-6-7-18(10(4)5)14(19)12-11(15)8-16-13(17-12)9(2)3/h8-10H,6-7H2,1-5H3. The number of nitrogens with zero attached hydrogens (tertiary/aromatic N) is 3. The minimum Gasteiger partial charge on any atom is -0.335 e. The summed E-state index contributed by atoms with van der Waals surface area (Å²) in [5.41, 5.74) is 0.308. The van der Waals surface area contributed by atoms with Crippen molar-refractivity contribution in [3.8, 4) is 0 Å². The summed E-state index contributed by atoms with van der Waals surface area (Å²) < 4.78 is 0. The van der Waals surface area contributed by atoms with Gasteiger partial charge in [-0.3, -0.25) is 4.79 Å². The summed E-state index contributed by atoms with van der Waals surface area (Å²) in [5.74, 6) is 0.696. The third-order valence-corrected chi connectivity index (χ3v) is 3.11. The van der Waals surface area contributed by atoms with Crippen LogP contribution >= 0.6 is 11.6 Å². The highest BCUT2D eigenvalue weighted by Gasteiger charge is 2.22. The quantitative estimate of drug-likeness (QED) is 0.831. The van der Waals surface area contributed by atoms with Crippen LogP contribution in [0.4, 0.5) is 0 Å². The van der Waals surface area contributed by atoms with Gasteiger partial charge in [0, 0.05) is 18.5 Å². The third kappa shape index (κ3) is 3.90. The molecule has 0 saturated heterocycles. The lowest BCUT2D eigenvalue weighted by molar-refractivity contribution is 0.0699. The molecule has 0 spiro atoms. The normalized spacial score (nSPS) is 11.2. The number of rotatable bonds is 5. The van der Waals surface area contributed by atoms with Crippen LogP contribution < -0.4 is 0 Å². The molecule has 19 heavy (non-hydrogen) atoms. The van der Waals surface area contributed by atoms with E-state index in [2.05, 4.69) is 9.97 Å². The number of carbonyl (C=O) groups excluding carboxylic acids is 1. The van der Waals surface area contributed by atoms with Crippen molar-refractivity contribution in [3.05, 3.63) is 22.7 Å². The van der Waals surface area contributed by atoms with Gasteiger partial charge in [0.25, 0.3) is 5.91 Å². The molecule has 0 aliphatic carbocycles. The summed E-state index contributed by atoms with van der Waals surface area (Å²) in [6.45, 7) is 10.7. The molecular formula is C14H22ClN3O. The van der Waals surface area contributed by atoms with Crippen molar-refractivity contribution in [1.29, 1.82) is 0 Å². The molecule has 1 heterocycles. The molecule has 4 nitrogen and oxygen atoms in total. The van der Waals surface area contributed by atoms with Gasteiger partial charge in [-0.2, -0.15) is 0 Å². The van der Waals surface area contributed by atoms with E-state index >= 15 is 0 Å². The second-order valence-corrected chi connectivity index (χ2v) is 5.58. The molecule has 106 valence electrons. The van der Waals surface area contributed by atoms with E-state index in [-0.39, 0.29) is 17.9 Å². The minimum atomic E-state index is -0.119. The molecule has 0 fully saturated rings. The first kappa shape index (κ1) is 15.9. The van der Waals surface area contributed by atoms with E-state index in [9.17, 15) is 4.79 Å². The first-order chi connectivity index (χ1) is 8.88. The van der Waals surface area contributed by atoms with E-state index in [1.807, 2.05) is 34.6 Å². The predicted octanol–water partition coefficient (Wildman–Crippen LogP) is 3.51. The maximum Gasteiger partial charge on any atom is 0.274 e. The number of hydrogen-bond donors (Lipinski definition) is 0. The summed E-state index contributed by atoms with van der Waals surface area (Å²) >= 11 is 6.07. The summed E-state index contributed by atoms with van der Waals surface area (Å²) in [5, 5.41) is 0.316. The molecule has 0 aliphatic heterocycles. The Kier molecular flexibility index (Phi) is 5.73. The molecule has 1 aromatic heterocycles. The Hall–Kier alpha value is -1.16. The van der Waals surface area contributed by atoms with Crippen molar-refractivity contribution in [3.63, 3.8) is 0 Å². The molecular weight excluding hydrogens is 262 g/mol. The number of carbonyl (C=O) groups is 1. The van der Waals surface area contributed by atoms with E-state index < -0.39 is 0 Å². The fourth-order valence-electron chi connectivity index (χ4n) is 1.78. The van der Waals surface area contributed by atoms with Gasteiger partial charge in [0.2, 0.25) is 0 Å². The van der Waals surface area contributed by atoms with E-state index in [4.69, 9.17) is 11.6 Å². The highest BCUT2D eigenvalue weighted by atomic mass is 35.5. The molecule has 0 aromatic carbocycles. The van der Waals surface area contributed by atoms with Crippen molar-refractivity contribution < 1.29 is 4.79 Å². The van der Waals surface area contributed by atoms with Gasteiger partial charge < -0.3 is 4.90 Å². The largest absolute Gasteiger partial charge is 0.335 e. The van der Waals surface area contributed by atoms with E-state index in [1.165, 1.54) is 6.20 Å². The van der Waals surface area contributed by atoms with Crippen molar-refractivity contribution in [1.82, 2.24) is 14.9 Å². The monoisotopic (exact) mass is 283 g/mol. The Morgan fingerprint density at radius 2 is 2.00 bits per heavy atom. The van der Waals surface area contributed by atoms with Gasteiger partial charge >= 0.3 is 0 Å². The number of aromatic nitrogens is 2. The molecule has 0 bridgehead atoms. The molecule has 0 aliphatic rings. The number of halogens is 1. The average Bonchev–Trinajstić information content (AvgIpc) is 2.35. The summed E-state index contributed by atoms with van der Waals surface area (Å²) in [6, 6.07) is 0.126. The lowest BCUT2D eigenvalue weighted by Crippen LogP contribution is -2.38. The first-order valence-electron chi connectivity index (χ1n) is 6.71. The van der Waals surface area contributed by atoms with Crippen molar-refractivity contribution >= 4 is 17.5 Å². The summed E-state index contributed by atoms with van der Waals surface area (Å²) in [6.07, 6.45) is 2.42. The third-order valence-electron chi connectivity index (χ3n) is 2.83. The van der Waals surface area contributed by atoms with Crippen LogP contribution in [0.5, 0.6) is 0 Å². The van der Waals surface area contributed by atoms with Crippen LogP contribution in [0.1, 0.15) is 63.3 Å². The molecule has 1 rings (SSSR count). The topological polar surface area (TPSA) is 46.1 Å². The maximum absolute atomic E-state index is 12.5. The smallest absolute Gasteiger partial charge is 0.274 e. The predicted molar refractivity (Wildman–Crippen MR) is 77.6 cm³/mol. The SMILES string of the molecule is CCCN(C(=O)c1nc(C(C)C)ncc1Cl)C(C)C. The zero-order chi connectivity index (χ0) is 14.6. The molecule has 0 unspecified atom stereocenters. The van der Waals surface area contributed by atoms with Crippen LogP contribution in [0.15, 0.2) is 6.20 Å². The van der Waals surface area contributed by atoms with Crippen LogP contribution in [0.3, 0.4) is 0 Å². The zero-order valence-corrected chi connectivity index (χ0v) is 13.0. The molecule has 1 amide bonds. The van der Waals surface area contributed by atoms with Crippen molar-refractivity contribution in [2.24, 2.45) is 0 Å². The van der Waals surface area contributed by atoms with Gasteiger partial charge in [-0.05, 0) is 20.3 Å². The van der Waals surface area contributed by atoms with E-state index in [0.29, 0.717) is 23.1 Å². The fraction of sp³-hybridized carbons (Fsp3) is 0.643. The zero-order valence-electron chi connectivity index (χ0n) is 12.3. The van der Waals surface area contributed by atoms with Gasteiger partial charge in [0.15, 0.2) is 5.69 Å². The molecule has 1 aromatic rings. The summed E-state index contributed by atoms with van der Waals surface area (Å²) in [7, 11) is 0. The number of amides is 1. The minimum absolute atomic E-state index is 0.119.